The van der Waals surface area contributed by atoms with E-state index in [1.54, 1.807) is 6.07 Å². The van der Waals surface area contributed by atoms with E-state index in [2.05, 4.69) is 26.1 Å². The number of hydrogen-bond acceptors (Lipinski definition) is 4. The molecular weight excluding hydrogens is 360 g/mol. The largest absolute Gasteiger partial charge is 0.305 e. The van der Waals surface area contributed by atoms with Gasteiger partial charge < -0.3 is 4.57 Å². The van der Waals surface area contributed by atoms with Gasteiger partial charge in [-0.2, -0.15) is 0 Å². The monoisotopic (exact) mass is 372 g/mol. The Balaban J connectivity index is 2.68. The molecule has 0 N–H and O–H groups in total. The Kier molecular flexibility index (Phi) is 4.34. The molecule has 0 atom stereocenters. The van der Waals surface area contributed by atoms with E-state index in [4.69, 9.17) is 11.6 Å². The van der Waals surface area contributed by atoms with Crippen molar-refractivity contribution in [2.24, 2.45) is 0 Å². The van der Waals surface area contributed by atoms with Gasteiger partial charge in [-0.3, -0.25) is 10.1 Å². The lowest BCUT2D eigenvalue weighted by atomic mass is 10.1. The molecule has 112 valence electrons. The quantitative estimate of drug-likeness (QED) is 0.460. The molecule has 0 saturated heterocycles. The number of aromatic nitrogens is 3. The highest BCUT2D eigenvalue weighted by Crippen LogP contribution is 2.31. The zero-order valence-corrected chi connectivity index (χ0v) is 14.1. The summed E-state index contributed by atoms with van der Waals surface area (Å²) in [6.45, 7) is 6.06. The van der Waals surface area contributed by atoms with E-state index in [1.807, 2.05) is 25.3 Å². The normalized spacial score (nSPS) is 11.7. The number of rotatable bonds is 3. The molecule has 0 aliphatic rings. The van der Waals surface area contributed by atoms with Crippen LogP contribution < -0.4 is 0 Å². The van der Waals surface area contributed by atoms with Crippen molar-refractivity contribution in [1.82, 2.24) is 14.8 Å². The number of halogens is 2. The zero-order valence-electron chi connectivity index (χ0n) is 11.8. The standard InChI is InChI=1S/C13H14BrClN4O2/c1-13(2,3)18-11(7-14)16-17-12(18)8-4-9(15)6-10(5-8)19(20)21/h4-6H,7H2,1-3H3. The van der Waals surface area contributed by atoms with Gasteiger partial charge in [-0.25, -0.2) is 0 Å². The molecule has 6 nitrogen and oxygen atoms in total. The van der Waals surface area contributed by atoms with E-state index < -0.39 is 4.92 Å². The van der Waals surface area contributed by atoms with Crippen molar-refractivity contribution in [3.8, 4) is 11.4 Å². The molecule has 1 aromatic heterocycles. The van der Waals surface area contributed by atoms with Crippen LogP contribution in [0.15, 0.2) is 18.2 Å². The third-order valence-electron chi connectivity index (χ3n) is 2.87. The van der Waals surface area contributed by atoms with Crippen molar-refractivity contribution in [1.29, 1.82) is 0 Å². The van der Waals surface area contributed by atoms with Gasteiger partial charge in [-0.15, -0.1) is 10.2 Å². The maximum atomic E-state index is 11.0. The molecule has 0 amide bonds. The van der Waals surface area contributed by atoms with E-state index in [-0.39, 0.29) is 11.2 Å². The summed E-state index contributed by atoms with van der Waals surface area (Å²) in [4.78, 5) is 10.5. The molecule has 0 bridgehead atoms. The van der Waals surface area contributed by atoms with Crippen LogP contribution in [0.4, 0.5) is 5.69 Å². The predicted octanol–water partition coefficient (Wildman–Crippen LogP) is 4.16. The highest BCUT2D eigenvalue weighted by atomic mass is 79.9. The summed E-state index contributed by atoms with van der Waals surface area (Å²) in [6, 6.07) is 4.42. The minimum Gasteiger partial charge on any atom is -0.305 e. The van der Waals surface area contributed by atoms with Gasteiger partial charge in [0.25, 0.3) is 5.69 Å². The average molecular weight is 374 g/mol. The number of alkyl halides is 1. The lowest BCUT2D eigenvalue weighted by molar-refractivity contribution is -0.384. The second-order valence-corrected chi connectivity index (χ2v) is 6.53. The van der Waals surface area contributed by atoms with Gasteiger partial charge in [0.05, 0.1) is 10.3 Å². The minimum atomic E-state index is -0.474. The first-order chi connectivity index (χ1) is 9.74. The number of hydrogen-bond donors (Lipinski definition) is 0. The van der Waals surface area contributed by atoms with Gasteiger partial charge >= 0.3 is 0 Å². The molecule has 1 aromatic carbocycles. The molecule has 0 saturated carbocycles. The topological polar surface area (TPSA) is 73.8 Å². The van der Waals surface area contributed by atoms with Gasteiger partial charge in [0.15, 0.2) is 5.82 Å². The Labute approximate surface area is 135 Å². The Morgan fingerprint density at radius 1 is 1.33 bits per heavy atom. The third kappa shape index (κ3) is 3.24. The maximum Gasteiger partial charge on any atom is 0.271 e. The molecule has 1 heterocycles. The smallest absolute Gasteiger partial charge is 0.271 e. The van der Waals surface area contributed by atoms with Gasteiger partial charge in [-0.1, -0.05) is 27.5 Å². The molecule has 2 rings (SSSR count). The van der Waals surface area contributed by atoms with Crippen molar-refractivity contribution >= 4 is 33.2 Å². The summed E-state index contributed by atoms with van der Waals surface area (Å²) in [5.41, 5.74) is 0.240. The van der Waals surface area contributed by atoms with Crippen LogP contribution in [0.2, 0.25) is 5.02 Å². The molecule has 0 aliphatic heterocycles. The van der Waals surface area contributed by atoms with Crippen LogP contribution in [0.5, 0.6) is 0 Å². The highest BCUT2D eigenvalue weighted by Gasteiger charge is 2.24. The number of nitrogens with zero attached hydrogens (tertiary/aromatic N) is 4. The number of benzene rings is 1. The zero-order chi connectivity index (χ0) is 15.8. The molecular formula is C13H14BrClN4O2. The summed E-state index contributed by atoms with van der Waals surface area (Å²) >= 11 is 9.36. The van der Waals surface area contributed by atoms with Crippen LogP contribution >= 0.6 is 27.5 Å². The number of non-ortho nitro benzene ring substituents is 1. The van der Waals surface area contributed by atoms with Gasteiger partial charge in [-0.05, 0) is 26.8 Å². The first kappa shape index (κ1) is 15.9. The molecule has 0 spiro atoms. The van der Waals surface area contributed by atoms with E-state index in [9.17, 15) is 10.1 Å². The number of nitro benzene ring substituents is 1. The summed E-state index contributed by atoms with van der Waals surface area (Å²) in [7, 11) is 0. The Hall–Kier alpha value is -1.47. The summed E-state index contributed by atoms with van der Waals surface area (Å²) in [6.07, 6.45) is 0. The van der Waals surface area contributed by atoms with Crippen LogP contribution in [0, 0.1) is 10.1 Å². The van der Waals surface area contributed by atoms with Crippen molar-refractivity contribution in [2.75, 3.05) is 0 Å². The fourth-order valence-electron chi connectivity index (χ4n) is 2.10. The van der Waals surface area contributed by atoms with E-state index in [1.165, 1.54) is 12.1 Å². The fourth-order valence-corrected chi connectivity index (χ4v) is 2.70. The second kappa shape index (κ2) is 5.73. The lowest BCUT2D eigenvalue weighted by Gasteiger charge is -2.24. The SMILES string of the molecule is CC(C)(C)n1c(CBr)nnc1-c1cc(Cl)cc([N+](=O)[O-])c1. The van der Waals surface area contributed by atoms with Gasteiger partial charge in [0, 0.05) is 28.3 Å². The predicted molar refractivity (Wildman–Crippen MR) is 84.7 cm³/mol. The molecule has 0 fully saturated rings. The molecule has 0 radical (unpaired) electrons. The molecule has 2 aromatic rings. The van der Waals surface area contributed by atoms with Crippen LogP contribution in [0.3, 0.4) is 0 Å². The Morgan fingerprint density at radius 3 is 2.52 bits per heavy atom. The number of nitro groups is 1. The summed E-state index contributed by atoms with van der Waals surface area (Å²) in [5.74, 6) is 1.31. The highest BCUT2D eigenvalue weighted by molar-refractivity contribution is 9.08. The Morgan fingerprint density at radius 2 is 2.00 bits per heavy atom. The second-order valence-electron chi connectivity index (χ2n) is 5.53. The average Bonchev–Trinajstić information content (AvgIpc) is 2.81. The van der Waals surface area contributed by atoms with Crippen LogP contribution in [-0.2, 0) is 10.9 Å². The van der Waals surface area contributed by atoms with Crippen LogP contribution in [-0.4, -0.2) is 19.7 Å². The minimum absolute atomic E-state index is 0.0682. The molecule has 0 unspecified atom stereocenters. The maximum absolute atomic E-state index is 11.0. The molecule has 8 heteroatoms. The molecule has 0 aliphatic carbocycles. The first-order valence-corrected chi connectivity index (χ1v) is 7.70. The van der Waals surface area contributed by atoms with Crippen molar-refractivity contribution in [2.45, 2.75) is 31.6 Å². The van der Waals surface area contributed by atoms with Gasteiger partial charge in [0.1, 0.15) is 5.82 Å². The van der Waals surface area contributed by atoms with Crippen molar-refractivity contribution in [3.63, 3.8) is 0 Å². The van der Waals surface area contributed by atoms with Crippen LogP contribution in [0.1, 0.15) is 26.6 Å². The lowest BCUT2D eigenvalue weighted by Crippen LogP contribution is -2.24. The summed E-state index contributed by atoms with van der Waals surface area (Å²) in [5, 5.41) is 20.1. The van der Waals surface area contributed by atoms with Crippen LogP contribution in [0.25, 0.3) is 11.4 Å². The van der Waals surface area contributed by atoms with E-state index >= 15 is 0 Å². The first-order valence-electron chi connectivity index (χ1n) is 6.20. The Bertz CT molecular complexity index is 694. The van der Waals surface area contributed by atoms with Gasteiger partial charge in [0.2, 0.25) is 0 Å². The fraction of sp³-hybridized carbons (Fsp3) is 0.385. The molecule has 21 heavy (non-hydrogen) atoms. The van der Waals surface area contributed by atoms with E-state index in [0.29, 0.717) is 21.7 Å². The van der Waals surface area contributed by atoms with E-state index in [0.717, 1.165) is 5.82 Å². The summed E-state index contributed by atoms with van der Waals surface area (Å²) < 4.78 is 1.94. The van der Waals surface area contributed by atoms with Crippen molar-refractivity contribution < 1.29 is 4.92 Å². The third-order valence-corrected chi connectivity index (χ3v) is 3.59. The van der Waals surface area contributed by atoms with Crippen molar-refractivity contribution in [3.05, 3.63) is 39.2 Å².